The zero-order valence-electron chi connectivity index (χ0n) is 7.26. The Hall–Kier alpha value is -1.28. The summed E-state index contributed by atoms with van der Waals surface area (Å²) in [6, 6.07) is 9.96. The first kappa shape index (κ1) is 8.32. The lowest BCUT2D eigenvalue weighted by atomic mass is 9.98. The van der Waals surface area contributed by atoms with E-state index in [4.69, 9.17) is 9.84 Å². The van der Waals surface area contributed by atoms with Crippen LogP contribution < -0.4 is 0 Å². The quantitative estimate of drug-likeness (QED) is 0.745. The van der Waals surface area contributed by atoms with Crippen molar-refractivity contribution in [1.29, 1.82) is 0 Å². The summed E-state index contributed by atoms with van der Waals surface area (Å²) in [4.78, 5) is 0. The second-order valence-corrected chi connectivity index (χ2v) is 3.14. The van der Waals surface area contributed by atoms with Gasteiger partial charge in [0, 0.05) is 5.92 Å². The predicted octanol–water partition coefficient (Wildman–Crippen LogP) is 1.88. The molecular formula is C11H12O2. The van der Waals surface area contributed by atoms with Crippen LogP contribution in [0.1, 0.15) is 11.7 Å². The molecule has 0 saturated carbocycles. The molecule has 0 aliphatic carbocycles. The van der Waals surface area contributed by atoms with E-state index in [1.807, 2.05) is 36.4 Å². The minimum absolute atomic E-state index is 0.00815. The molecule has 0 spiro atoms. The standard InChI is InChI=1S/C11H12O2/c12-8-10-6-7-13-11(10)9-4-2-1-3-5-9/h1-7,10-12H,8H2/t10-,11+/m1/s1. The van der Waals surface area contributed by atoms with Crippen molar-refractivity contribution < 1.29 is 9.84 Å². The van der Waals surface area contributed by atoms with Gasteiger partial charge in [0.2, 0.25) is 0 Å². The Morgan fingerprint density at radius 3 is 2.69 bits per heavy atom. The summed E-state index contributed by atoms with van der Waals surface area (Å²) in [5, 5.41) is 9.07. The van der Waals surface area contributed by atoms with Gasteiger partial charge in [-0.25, -0.2) is 0 Å². The lowest BCUT2D eigenvalue weighted by molar-refractivity contribution is 0.102. The summed E-state index contributed by atoms with van der Waals surface area (Å²) in [6.45, 7) is 0.135. The molecule has 2 rings (SSSR count). The number of benzene rings is 1. The van der Waals surface area contributed by atoms with Gasteiger partial charge in [-0.2, -0.15) is 0 Å². The van der Waals surface area contributed by atoms with E-state index >= 15 is 0 Å². The molecule has 0 fully saturated rings. The van der Waals surface area contributed by atoms with Gasteiger partial charge in [0.05, 0.1) is 12.9 Å². The second kappa shape index (κ2) is 3.62. The first-order chi connectivity index (χ1) is 6.42. The van der Waals surface area contributed by atoms with Crippen LogP contribution in [0.2, 0.25) is 0 Å². The maximum Gasteiger partial charge on any atom is 0.131 e. The van der Waals surface area contributed by atoms with Crippen LogP contribution >= 0.6 is 0 Å². The van der Waals surface area contributed by atoms with Gasteiger partial charge >= 0.3 is 0 Å². The van der Waals surface area contributed by atoms with Gasteiger partial charge in [0.15, 0.2) is 0 Å². The number of rotatable bonds is 2. The molecule has 1 N–H and O–H groups in total. The molecule has 1 aromatic carbocycles. The van der Waals surface area contributed by atoms with Crippen molar-refractivity contribution in [3.63, 3.8) is 0 Å². The van der Waals surface area contributed by atoms with Crippen molar-refractivity contribution >= 4 is 0 Å². The van der Waals surface area contributed by atoms with E-state index < -0.39 is 0 Å². The van der Waals surface area contributed by atoms with Crippen molar-refractivity contribution in [2.75, 3.05) is 6.61 Å². The van der Waals surface area contributed by atoms with Crippen molar-refractivity contribution in [2.45, 2.75) is 6.10 Å². The molecule has 0 radical (unpaired) electrons. The molecule has 0 amide bonds. The van der Waals surface area contributed by atoms with Crippen molar-refractivity contribution in [1.82, 2.24) is 0 Å². The first-order valence-corrected chi connectivity index (χ1v) is 4.40. The summed E-state index contributed by atoms with van der Waals surface area (Å²) < 4.78 is 5.40. The molecule has 1 aromatic rings. The van der Waals surface area contributed by atoms with Gasteiger partial charge < -0.3 is 9.84 Å². The van der Waals surface area contributed by atoms with Crippen LogP contribution in [-0.2, 0) is 4.74 Å². The monoisotopic (exact) mass is 176 g/mol. The van der Waals surface area contributed by atoms with Crippen LogP contribution in [0.25, 0.3) is 0 Å². The van der Waals surface area contributed by atoms with Gasteiger partial charge in [-0.1, -0.05) is 30.3 Å². The number of ether oxygens (including phenoxy) is 1. The van der Waals surface area contributed by atoms with Crippen molar-refractivity contribution in [3.8, 4) is 0 Å². The topological polar surface area (TPSA) is 29.5 Å². The molecule has 0 saturated heterocycles. The lowest BCUT2D eigenvalue weighted by Gasteiger charge is -2.16. The molecule has 0 unspecified atom stereocenters. The summed E-state index contributed by atoms with van der Waals surface area (Å²) in [7, 11) is 0. The molecular weight excluding hydrogens is 164 g/mol. The SMILES string of the molecule is OC[C@H]1C=CO[C@H]1c1ccccc1. The second-order valence-electron chi connectivity index (χ2n) is 3.14. The molecule has 2 nitrogen and oxygen atoms in total. The van der Waals surface area contributed by atoms with Crippen LogP contribution in [0.5, 0.6) is 0 Å². The van der Waals surface area contributed by atoms with Crippen molar-refractivity contribution in [2.24, 2.45) is 5.92 Å². The summed E-state index contributed by atoms with van der Waals surface area (Å²) in [5.74, 6) is 0.0994. The molecule has 0 aromatic heterocycles. The Balaban J connectivity index is 2.18. The maximum absolute atomic E-state index is 9.07. The van der Waals surface area contributed by atoms with Crippen LogP contribution in [0, 0.1) is 5.92 Å². The minimum Gasteiger partial charge on any atom is -0.493 e. The third-order valence-electron chi connectivity index (χ3n) is 2.28. The maximum atomic E-state index is 9.07. The summed E-state index contributed by atoms with van der Waals surface area (Å²) in [5.41, 5.74) is 1.12. The molecule has 13 heavy (non-hydrogen) atoms. The van der Waals surface area contributed by atoms with Crippen LogP contribution in [-0.4, -0.2) is 11.7 Å². The molecule has 2 heteroatoms. The Kier molecular flexibility index (Phi) is 2.32. The largest absolute Gasteiger partial charge is 0.493 e. The zero-order chi connectivity index (χ0) is 9.10. The van der Waals surface area contributed by atoms with E-state index in [-0.39, 0.29) is 18.6 Å². The number of aliphatic hydroxyl groups excluding tert-OH is 1. The van der Waals surface area contributed by atoms with Crippen LogP contribution in [0.15, 0.2) is 42.7 Å². The molecule has 68 valence electrons. The number of hydrogen-bond acceptors (Lipinski definition) is 2. The first-order valence-electron chi connectivity index (χ1n) is 4.40. The average Bonchev–Trinajstić information content (AvgIpc) is 2.67. The van der Waals surface area contributed by atoms with E-state index in [0.717, 1.165) is 5.56 Å². The van der Waals surface area contributed by atoms with Crippen LogP contribution in [0.4, 0.5) is 0 Å². The molecule has 2 atom stereocenters. The third-order valence-corrected chi connectivity index (χ3v) is 2.28. The molecule has 1 aliphatic rings. The van der Waals surface area contributed by atoms with Crippen molar-refractivity contribution in [3.05, 3.63) is 48.2 Å². The minimum atomic E-state index is -0.00815. The highest BCUT2D eigenvalue weighted by Gasteiger charge is 2.24. The van der Waals surface area contributed by atoms with E-state index in [9.17, 15) is 0 Å². The number of aliphatic hydroxyl groups is 1. The van der Waals surface area contributed by atoms with E-state index in [2.05, 4.69) is 0 Å². The third kappa shape index (κ3) is 1.58. The summed E-state index contributed by atoms with van der Waals surface area (Å²) in [6.07, 6.45) is 3.56. The number of hydrogen-bond donors (Lipinski definition) is 1. The molecule has 1 heterocycles. The highest BCUT2D eigenvalue weighted by atomic mass is 16.5. The van der Waals surface area contributed by atoms with Gasteiger partial charge in [-0.05, 0) is 11.6 Å². The van der Waals surface area contributed by atoms with E-state index in [0.29, 0.717) is 0 Å². The Morgan fingerprint density at radius 1 is 1.23 bits per heavy atom. The fraction of sp³-hybridized carbons (Fsp3) is 0.273. The highest BCUT2D eigenvalue weighted by molar-refractivity contribution is 5.21. The van der Waals surface area contributed by atoms with E-state index in [1.165, 1.54) is 0 Å². The normalized spacial score (nSPS) is 25.9. The van der Waals surface area contributed by atoms with Crippen LogP contribution in [0.3, 0.4) is 0 Å². The fourth-order valence-electron chi connectivity index (χ4n) is 1.56. The Labute approximate surface area is 77.5 Å². The smallest absolute Gasteiger partial charge is 0.131 e. The zero-order valence-corrected chi connectivity index (χ0v) is 7.26. The average molecular weight is 176 g/mol. The lowest BCUT2D eigenvalue weighted by Crippen LogP contribution is -2.11. The van der Waals surface area contributed by atoms with Gasteiger partial charge in [-0.15, -0.1) is 0 Å². The Bertz CT molecular complexity index is 292. The van der Waals surface area contributed by atoms with Gasteiger partial charge in [0.1, 0.15) is 6.10 Å². The van der Waals surface area contributed by atoms with Gasteiger partial charge in [-0.3, -0.25) is 0 Å². The Morgan fingerprint density at radius 2 is 2.00 bits per heavy atom. The fourth-order valence-corrected chi connectivity index (χ4v) is 1.56. The van der Waals surface area contributed by atoms with Gasteiger partial charge in [0.25, 0.3) is 0 Å². The molecule has 0 bridgehead atoms. The predicted molar refractivity (Wildman–Crippen MR) is 50.0 cm³/mol. The van der Waals surface area contributed by atoms with E-state index in [1.54, 1.807) is 6.26 Å². The molecule has 1 aliphatic heterocycles. The highest BCUT2D eigenvalue weighted by Crippen LogP contribution is 2.31. The summed E-state index contributed by atoms with van der Waals surface area (Å²) >= 11 is 0.